The lowest BCUT2D eigenvalue weighted by Crippen LogP contribution is -2.29. The van der Waals surface area contributed by atoms with Gasteiger partial charge in [0.05, 0.1) is 6.54 Å². The Kier molecular flexibility index (Phi) is 4.31. The number of hydrogen-bond donors (Lipinski definition) is 1. The lowest BCUT2D eigenvalue weighted by atomic mass is 10.1. The van der Waals surface area contributed by atoms with Gasteiger partial charge in [-0.25, -0.2) is 0 Å². The van der Waals surface area contributed by atoms with Crippen molar-refractivity contribution < 1.29 is 9.63 Å². The van der Waals surface area contributed by atoms with Crippen molar-refractivity contribution in [3.8, 4) is 0 Å². The van der Waals surface area contributed by atoms with Gasteiger partial charge in [-0.05, 0) is 30.4 Å². The molecule has 0 aliphatic heterocycles. The van der Waals surface area contributed by atoms with Gasteiger partial charge in [0.15, 0.2) is 5.82 Å². The molecule has 0 amide bonds. The van der Waals surface area contributed by atoms with Gasteiger partial charge in [0, 0.05) is 26.1 Å². The highest BCUT2D eigenvalue weighted by molar-refractivity contribution is 5.34. The molecule has 3 rings (SSSR count). The molecule has 112 valence electrons. The van der Waals surface area contributed by atoms with Crippen molar-refractivity contribution >= 4 is 0 Å². The van der Waals surface area contributed by atoms with Crippen LogP contribution >= 0.6 is 0 Å². The Hall–Kier alpha value is -1.72. The van der Waals surface area contributed by atoms with Crippen molar-refractivity contribution in [3.63, 3.8) is 0 Å². The van der Waals surface area contributed by atoms with E-state index in [4.69, 9.17) is 9.63 Å². The van der Waals surface area contributed by atoms with Gasteiger partial charge in [0.25, 0.3) is 0 Å². The van der Waals surface area contributed by atoms with E-state index in [1.807, 2.05) is 0 Å². The van der Waals surface area contributed by atoms with Crippen LogP contribution in [-0.2, 0) is 13.0 Å². The first-order chi connectivity index (χ1) is 10.3. The van der Waals surface area contributed by atoms with Gasteiger partial charge in [0.1, 0.15) is 0 Å². The van der Waals surface area contributed by atoms with E-state index < -0.39 is 0 Å². The fraction of sp³-hybridized carbons (Fsp3) is 0.500. The minimum absolute atomic E-state index is 0.205. The van der Waals surface area contributed by atoms with E-state index in [0.717, 1.165) is 31.6 Å². The van der Waals surface area contributed by atoms with E-state index in [1.54, 1.807) is 6.92 Å². The standard InChI is InChI=1S/C16H21N3O2/c1-12-17-16(18-21-12)11-19(9-4-10-20)15-8-7-13-5-2-3-6-14(13)15/h2-3,5-6,15,20H,4,7-11H2,1H3. The van der Waals surface area contributed by atoms with E-state index in [0.29, 0.717) is 18.5 Å². The first-order valence-electron chi connectivity index (χ1n) is 7.50. The topological polar surface area (TPSA) is 62.4 Å². The molecule has 2 aromatic rings. The molecule has 1 unspecified atom stereocenters. The number of aliphatic hydroxyl groups excluding tert-OH is 1. The normalized spacial score (nSPS) is 17.4. The van der Waals surface area contributed by atoms with E-state index in [-0.39, 0.29) is 6.61 Å². The summed E-state index contributed by atoms with van der Waals surface area (Å²) in [6, 6.07) is 8.99. The molecule has 0 saturated heterocycles. The van der Waals surface area contributed by atoms with Crippen molar-refractivity contribution in [2.45, 2.75) is 38.8 Å². The highest BCUT2D eigenvalue weighted by Gasteiger charge is 2.28. The second-order valence-corrected chi connectivity index (χ2v) is 5.53. The number of rotatable bonds is 6. The molecule has 5 nitrogen and oxygen atoms in total. The maximum atomic E-state index is 9.15. The zero-order valence-corrected chi connectivity index (χ0v) is 12.3. The molecular formula is C16H21N3O2. The van der Waals surface area contributed by atoms with E-state index in [9.17, 15) is 0 Å². The Labute approximate surface area is 124 Å². The minimum atomic E-state index is 0.205. The molecule has 0 spiro atoms. The van der Waals surface area contributed by atoms with Crippen LogP contribution in [0.2, 0.25) is 0 Å². The van der Waals surface area contributed by atoms with E-state index >= 15 is 0 Å². The molecule has 21 heavy (non-hydrogen) atoms. The molecule has 1 aliphatic rings. The van der Waals surface area contributed by atoms with Crippen LogP contribution in [0.3, 0.4) is 0 Å². The smallest absolute Gasteiger partial charge is 0.223 e. The Balaban J connectivity index is 1.79. The Morgan fingerprint density at radius 1 is 1.38 bits per heavy atom. The molecule has 5 heteroatoms. The number of nitrogens with zero attached hydrogens (tertiary/aromatic N) is 3. The minimum Gasteiger partial charge on any atom is -0.396 e. The van der Waals surface area contributed by atoms with Gasteiger partial charge in [-0.15, -0.1) is 0 Å². The third-order valence-electron chi connectivity index (χ3n) is 4.06. The van der Waals surface area contributed by atoms with Gasteiger partial charge in [0.2, 0.25) is 5.89 Å². The SMILES string of the molecule is Cc1nc(CN(CCCO)C2CCc3ccccc32)no1. The summed E-state index contributed by atoms with van der Waals surface area (Å²) in [7, 11) is 0. The van der Waals surface area contributed by atoms with Crippen LogP contribution in [0.15, 0.2) is 28.8 Å². The number of aromatic nitrogens is 2. The average molecular weight is 287 g/mol. The fourth-order valence-corrected chi connectivity index (χ4v) is 3.12. The van der Waals surface area contributed by atoms with Crippen LogP contribution in [0.4, 0.5) is 0 Å². The van der Waals surface area contributed by atoms with Crippen molar-refractivity contribution in [2.75, 3.05) is 13.2 Å². The van der Waals surface area contributed by atoms with Crippen LogP contribution in [0.1, 0.15) is 41.7 Å². The summed E-state index contributed by atoms with van der Waals surface area (Å²) < 4.78 is 5.06. The molecule has 1 aromatic heterocycles. The van der Waals surface area contributed by atoms with Crippen LogP contribution in [-0.4, -0.2) is 33.3 Å². The monoisotopic (exact) mass is 287 g/mol. The fourth-order valence-electron chi connectivity index (χ4n) is 3.12. The summed E-state index contributed by atoms with van der Waals surface area (Å²) in [5, 5.41) is 13.1. The molecule has 0 radical (unpaired) electrons. The van der Waals surface area contributed by atoms with Gasteiger partial charge < -0.3 is 9.63 Å². The van der Waals surface area contributed by atoms with Gasteiger partial charge in [-0.1, -0.05) is 29.4 Å². The lowest BCUT2D eigenvalue weighted by molar-refractivity contribution is 0.160. The van der Waals surface area contributed by atoms with Crippen molar-refractivity contribution in [1.82, 2.24) is 15.0 Å². The number of aryl methyl sites for hydroxylation is 2. The molecule has 0 bridgehead atoms. The Bertz CT molecular complexity index is 597. The van der Waals surface area contributed by atoms with Crippen LogP contribution in [0.5, 0.6) is 0 Å². The van der Waals surface area contributed by atoms with Crippen molar-refractivity contribution in [2.24, 2.45) is 0 Å². The molecule has 0 saturated carbocycles. The summed E-state index contributed by atoms with van der Waals surface area (Å²) in [5.41, 5.74) is 2.83. The van der Waals surface area contributed by atoms with Crippen LogP contribution in [0, 0.1) is 6.92 Å². The molecule has 1 aliphatic carbocycles. The molecule has 0 fully saturated rings. The van der Waals surface area contributed by atoms with Gasteiger partial charge >= 0.3 is 0 Å². The van der Waals surface area contributed by atoms with Crippen molar-refractivity contribution in [1.29, 1.82) is 0 Å². The number of aliphatic hydroxyl groups is 1. The highest BCUT2D eigenvalue weighted by Crippen LogP contribution is 2.36. The predicted octanol–water partition coefficient (Wildman–Crippen LogP) is 2.25. The highest BCUT2D eigenvalue weighted by atomic mass is 16.5. The summed E-state index contributed by atoms with van der Waals surface area (Å²) >= 11 is 0. The Morgan fingerprint density at radius 2 is 2.24 bits per heavy atom. The molecular weight excluding hydrogens is 266 g/mol. The molecule has 1 N–H and O–H groups in total. The summed E-state index contributed by atoms with van der Waals surface area (Å²) in [4.78, 5) is 6.66. The first-order valence-corrected chi connectivity index (χ1v) is 7.50. The second-order valence-electron chi connectivity index (χ2n) is 5.53. The van der Waals surface area contributed by atoms with E-state index in [2.05, 4.69) is 39.3 Å². The summed E-state index contributed by atoms with van der Waals surface area (Å²) in [5.74, 6) is 1.31. The van der Waals surface area contributed by atoms with Crippen LogP contribution < -0.4 is 0 Å². The molecule has 1 aromatic carbocycles. The maximum absolute atomic E-state index is 9.15. The Morgan fingerprint density at radius 3 is 3.00 bits per heavy atom. The zero-order chi connectivity index (χ0) is 14.7. The van der Waals surface area contributed by atoms with E-state index in [1.165, 1.54) is 11.1 Å². The lowest BCUT2D eigenvalue weighted by Gasteiger charge is -2.28. The largest absolute Gasteiger partial charge is 0.396 e. The van der Waals surface area contributed by atoms with Gasteiger partial charge in [-0.3, -0.25) is 4.90 Å². The number of fused-ring (bicyclic) bond motifs is 1. The summed E-state index contributed by atoms with van der Waals surface area (Å²) in [6.45, 7) is 3.51. The van der Waals surface area contributed by atoms with Crippen LogP contribution in [0.25, 0.3) is 0 Å². The quantitative estimate of drug-likeness (QED) is 0.883. The third-order valence-corrected chi connectivity index (χ3v) is 4.06. The average Bonchev–Trinajstić information content (AvgIpc) is 3.09. The first kappa shape index (κ1) is 14.2. The second kappa shape index (κ2) is 6.37. The molecule has 1 heterocycles. The van der Waals surface area contributed by atoms with Crippen molar-refractivity contribution in [3.05, 3.63) is 47.1 Å². The number of hydrogen-bond acceptors (Lipinski definition) is 5. The molecule has 1 atom stereocenters. The summed E-state index contributed by atoms with van der Waals surface area (Å²) in [6.07, 6.45) is 2.98. The maximum Gasteiger partial charge on any atom is 0.223 e. The number of benzene rings is 1. The predicted molar refractivity (Wildman–Crippen MR) is 78.7 cm³/mol. The van der Waals surface area contributed by atoms with Gasteiger partial charge in [-0.2, -0.15) is 4.98 Å². The zero-order valence-electron chi connectivity index (χ0n) is 12.3. The third kappa shape index (κ3) is 3.14.